The third-order valence-corrected chi connectivity index (χ3v) is 4.28. The fourth-order valence-electron chi connectivity index (χ4n) is 2.78. The lowest BCUT2D eigenvalue weighted by atomic mass is 10.1. The summed E-state index contributed by atoms with van der Waals surface area (Å²) in [4.78, 5) is 17.8. The molecule has 0 atom stereocenters. The monoisotopic (exact) mass is 380 g/mol. The molecule has 2 aromatic heterocycles. The number of carbonyl (C=O) groups is 1. The van der Waals surface area contributed by atoms with Gasteiger partial charge in [0.25, 0.3) is 0 Å². The molecular weight excluding hydrogens is 363 g/mol. The molecule has 0 N–H and O–H groups in total. The van der Waals surface area contributed by atoms with Crippen molar-refractivity contribution in [1.29, 1.82) is 0 Å². The number of benzene rings is 1. The summed E-state index contributed by atoms with van der Waals surface area (Å²) in [6.45, 7) is 2.60. The second-order valence-corrected chi connectivity index (χ2v) is 6.45. The fourth-order valence-corrected chi connectivity index (χ4v) is 2.78. The van der Waals surface area contributed by atoms with Crippen molar-refractivity contribution in [3.8, 4) is 22.9 Å². The second-order valence-electron chi connectivity index (χ2n) is 6.45. The first-order chi connectivity index (χ1) is 13.6. The molecular formula is C20H17FN4O3. The molecule has 3 heterocycles. The highest BCUT2D eigenvalue weighted by molar-refractivity contribution is 5.71. The van der Waals surface area contributed by atoms with Crippen molar-refractivity contribution in [3.05, 3.63) is 66.2 Å². The number of rotatable bonds is 4. The van der Waals surface area contributed by atoms with E-state index in [0.29, 0.717) is 30.1 Å². The van der Waals surface area contributed by atoms with Crippen molar-refractivity contribution in [3.63, 3.8) is 0 Å². The summed E-state index contributed by atoms with van der Waals surface area (Å²) < 4.78 is 24.7. The Kier molecular flexibility index (Phi) is 4.84. The van der Waals surface area contributed by atoms with Crippen LogP contribution in [0.2, 0.25) is 0 Å². The highest BCUT2D eigenvalue weighted by Gasteiger charge is 2.34. The van der Waals surface area contributed by atoms with Gasteiger partial charge in [0.2, 0.25) is 11.8 Å². The third kappa shape index (κ3) is 3.90. The first kappa shape index (κ1) is 17.8. The number of hydrogen-bond donors (Lipinski definition) is 0. The Balaban J connectivity index is 1.30. The summed E-state index contributed by atoms with van der Waals surface area (Å²) >= 11 is 0. The number of amides is 1. The van der Waals surface area contributed by atoms with E-state index in [4.69, 9.17) is 9.47 Å². The van der Waals surface area contributed by atoms with Crippen LogP contribution in [0.25, 0.3) is 11.1 Å². The maximum atomic E-state index is 13.8. The van der Waals surface area contributed by atoms with Gasteiger partial charge in [-0.1, -0.05) is 18.2 Å². The fraction of sp³-hybridized carbons (Fsp3) is 0.200. The Morgan fingerprint density at radius 1 is 1.14 bits per heavy atom. The van der Waals surface area contributed by atoms with Crippen LogP contribution in [-0.4, -0.2) is 45.4 Å². The summed E-state index contributed by atoms with van der Waals surface area (Å²) in [7, 11) is 0. The molecule has 0 unspecified atom stereocenters. The van der Waals surface area contributed by atoms with Gasteiger partial charge in [0.1, 0.15) is 11.9 Å². The predicted molar refractivity (Wildman–Crippen MR) is 98.4 cm³/mol. The molecule has 1 fully saturated rings. The van der Waals surface area contributed by atoms with Crippen LogP contribution in [0.4, 0.5) is 9.18 Å². The van der Waals surface area contributed by atoms with Crippen molar-refractivity contribution >= 4 is 6.09 Å². The number of carbonyl (C=O) groups excluding carboxylic acids is 1. The normalized spacial score (nSPS) is 13.7. The van der Waals surface area contributed by atoms with Gasteiger partial charge in [-0.15, -0.1) is 5.10 Å². The number of pyridine rings is 1. The second kappa shape index (κ2) is 7.59. The summed E-state index contributed by atoms with van der Waals surface area (Å²) in [6, 6.07) is 11.6. The van der Waals surface area contributed by atoms with E-state index >= 15 is 0 Å². The van der Waals surface area contributed by atoms with E-state index in [2.05, 4.69) is 15.2 Å². The van der Waals surface area contributed by atoms with Crippen molar-refractivity contribution < 1.29 is 18.7 Å². The molecule has 1 aliphatic rings. The van der Waals surface area contributed by atoms with Gasteiger partial charge in [-0.2, -0.15) is 5.10 Å². The lowest BCUT2D eigenvalue weighted by molar-refractivity contribution is 0.0252. The first-order valence-corrected chi connectivity index (χ1v) is 8.72. The summed E-state index contributed by atoms with van der Waals surface area (Å²) in [6.07, 6.45) is 2.47. The zero-order valence-corrected chi connectivity index (χ0v) is 15.1. The van der Waals surface area contributed by atoms with Gasteiger partial charge in [-0.25, -0.2) is 14.2 Å². The van der Waals surface area contributed by atoms with Gasteiger partial charge in [0.15, 0.2) is 0 Å². The number of aryl methyl sites for hydroxylation is 1. The minimum absolute atomic E-state index is 0.166. The molecule has 28 heavy (non-hydrogen) atoms. The van der Waals surface area contributed by atoms with Crippen LogP contribution < -0.4 is 9.47 Å². The maximum Gasteiger partial charge on any atom is 0.416 e. The van der Waals surface area contributed by atoms with Crippen molar-refractivity contribution in [2.75, 3.05) is 13.1 Å². The van der Waals surface area contributed by atoms with E-state index in [1.807, 2.05) is 6.92 Å². The van der Waals surface area contributed by atoms with Gasteiger partial charge in [-0.3, -0.25) is 0 Å². The van der Waals surface area contributed by atoms with Crippen LogP contribution in [0.1, 0.15) is 5.56 Å². The molecule has 8 heteroatoms. The van der Waals surface area contributed by atoms with Crippen LogP contribution >= 0.6 is 0 Å². The highest BCUT2D eigenvalue weighted by Crippen LogP contribution is 2.24. The van der Waals surface area contributed by atoms with Crippen LogP contribution in [0.15, 0.2) is 54.9 Å². The highest BCUT2D eigenvalue weighted by atomic mass is 19.1. The summed E-state index contributed by atoms with van der Waals surface area (Å²) in [5.74, 6) is 0.284. The van der Waals surface area contributed by atoms with E-state index in [1.54, 1.807) is 48.8 Å². The smallest absolute Gasteiger partial charge is 0.416 e. The number of hydrogen-bond acceptors (Lipinski definition) is 6. The van der Waals surface area contributed by atoms with E-state index < -0.39 is 6.09 Å². The molecule has 7 nitrogen and oxygen atoms in total. The van der Waals surface area contributed by atoms with E-state index in [0.717, 1.165) is 5.56 Å². The molecule has 0 aliphatic carbocycles. The molecule has 142 valence electrons. The SMILES string of the molecule is Cc1cnnc(OC(=O)N2CC(Oc3ccc(-c4ccccc4F)cn3)C2)c1. The zero-order valence-electron chi connectivity index (χ0n) is 15.1. The number of ether oxygens (including phenoxy) is 2. The number of aromatic nitrogens is 3. The average Bonchev–Trinajstić information content (AvgIpc) is 2.65. The van der Waals surface area contributed by atoms with Gasteiger partial charge >= 0.3 is 6.09 Å². The van der Waals surface area contributed by atoms with Crippen LogP contribution in [0.5, 0.6) is 11.8 Å². The van der Waals surface area contributed by atoms with Crippen LogP contribution in [0, 0.1) is 12.7 Å². The molecule has 1 aliphatic heterocycles. The Labute approximate surface area is 160 Å². The minimum Gasteiger partial charge on any atom is -0.471 e. The van der Waals surface area contributed by atoms with E-state index in [9.17, 15) is 9.18 Å². The molecule has 1 aromatic carbocycles. The standard InChI is InChI=1S/C20H17FN4O3/c1-13-8-19(24-23-9-13)28-20(26)25-11-15(12-25)27-18-7-6-14(10-22-18)16-4-2-3-5-17(16)21/h2-10,15H,11-12H2,1H3. The van der Waals surface area contributed by atoms with Crippen LogP contribution in [0.3, 0.4) is 0 Å². The van der Waals surface area contributed by atoms with E-state index in [-0.39, 0.29) is 17.8 Å². The van der Waals surface area contributed by atoms with Crippen molar-refractivity contribution in [2.24, 2.45) is 0 Å². The van der Waals surface area contributed by atoms with Crippen LogP contribution in [-0.2, 0) is 0 Å². The maximum absolute atomic E-state index is 13.8. The average molecular weight is 380 g/mol. The Bertz CT molecular complexity index is 991. The third-order valence-electron chi connectivity index (χ3n) is 4.28. The lowest BCUT2D eigenvalue weighted by Gasteiger charge is -2.37. The molecule has 1 saturated heterocycles. The number of nitrogens with zero attached hydrogens (tertiary/aromatic N) is 4. The predicted octanol–water partition coefficient (Wildman–Crippen LogP) is 3.25. The number of halogens is 1. The molecule has 1 amide bonds. The van der Waals surface area contributed by atoms with Gasteiger partial charge in [-0.05, 0) is 24.6 Å². The van der Waals surface area contributed by atoms with Gasteiger partial charge in [0, 0.05) is 29.5 Å². The lowest BCUT2D eigenvalue weighted by Crippen LogP contribution is -2.57. The quantitative estimate of drug-likeness (QED) is 0.692. The summed E-state index contributed by atoms with van der Waals surface area (Å²) in [5, 5.41) is 7.50. The molecule has 0 bridgehead atoms. The largest absolute Gasteiger partial charge is 0.471 e. The molecule has 4 rings (SSSR count). The minimum atomic E-state index is -0.498. The van der Waals surface area contributed by atoms with Gasteiger partial charge < -0.3 is 14.4 Å². The number of likely N-dealkylation sites (tertiary alicyclic amines) is 1. The van der Waals surface area contributed by atoms with Gasteiger partial charge in [0.05, 0.1) is 19.3 Å². The summed E-state index contributed by atoms with van der Waals surface area (Å²) in [5.41, 5.74) is 2.01. The Hall–Kier alpha value is -3.55. The molecule has 0 spiro atoms. The topological polar surface area (TPSA) is 77.4 Å². The van der Waals surface area contributed by atoms with Crippen molar-refractivity contribution in [1.82, 2.24) is 20.1 Å². The first-order valence-electron chi connectivity index (χ1n) is 8.72. The Morgan fingerprint density at radius 3 is 2.68 bits per heavy atom. The van der Waals surface area contributed by atoms with Crippen molar-refractivity contribution in [2.45, 2.75) is 13.0 Å². The zero-order chi connectivity index (χ0) is 19.5. The Morgan fingerprint density at radius 2 is 1.96 bits per heavy atom. The molecule has 0 saturated carbocycles. The molecule has 0 radical (unpaired) electrons. The van der Waals surface area contributed by atoms with E-state index in [1.165, 1.54) is 11.0 Å². The molecule has 3 aromatic rings.